The molecule has 0 aliphatic carbocycles. The first kappa shape index (κ1) is 29.0. The molecule has 4 heteroatoms. The Morgan fingerprint density at radius 1 is 0.365 bits per heavy atom. The number of hydrogen-bond acceptors (Lipinski definition) is 1. The average Bonchev–Trinajstić information content (AvgIpc) is 3.75. The Morgan fingerprint density at radius 3 is 1.54 bits per heavy atom. The van der Waals surface area contributed by atoms with Crippen molar-refractivity contribution in [3.63, 3.8) is 0 Å². The van der Waals surface area contributed by atoms with Crippen LogP contribution in [0.4, 0.5) is 17.1 Å². The molecule has 0 bridgehead atoms. The second-order valence-corrected chi connectivity index (χ2v) is 13.7. The number of nitrogens with zero attached hydrogens (tertiary/aromatic N) is 3. The maximum Gasteiger partial charge on any atom is 0.333 e. The van der Waals surface area contributed by atoms with Gasteiger partial charge in [0.25, 0.3) is 0 Å². The van der Waals surface area contributed by atoms with Gasteiger partial charge in [-0.2, -0.15) is 0 Å². The van der Waals surface area contributed by atoms with Gasteiger partial charge >= 0.3 is 6.85 Å². The SMILES string of the molecule is c1ccc(-c2c(-c3ccccc3)n3c4c(c(-c5ccccc5)n(-c5ccccc5)c24)-c2cccc4c2B3c2ccccc2N4c2ccccc2)cc1. The van der Waals surface area contributed by atoms with E-state index in [0.717, 1.165) is 11.4 Å². The molecule has 2 aliphatic heterocycles. The van der Waals surface area contributed by atoms with Crippen LogP contribution >= 0.6 is 0 Å². The minimum atomic E-state index is -0.0553. The lowest BCUT2D eigenvalue weighted by Gasteiger charge is -2.40. The lowest BCUT2D eigenvalue weighted by molar-refractivity contribution is 1.14. The van der Waals surface area contributed by atoms with Crippen LogP contribution in [0.1, 0.15) is 0 Å². The fourth-order valence-electron chi connectivity index (χ4n) is 8.93. The molecule has 11 rings (SSSR count). The Labute approximate surface area is 303 Å². The van der Waals surface area contributed by atoms with Crippen LogP contribution < -0.4 is 15.8 Å². The third-order valence-corrected chi connectivity index (χ3v) is 10.9. The van der Waals surface area contributed by atoms with Crippen molar-refractivity contribution in [1.29, 1.82) is 0 Å². The van der Waals surface area contributed by atoms with Gasteiger partial charge in [-0.05, 0) is 69.6 Å². The van der Waals surface area contributed by atoms with Crippen molar-refractivity contribution in [2.45, 2.75) is 0 Å². The maximum absolute atomic E-state index is 2.70. The average molecular weight is 662 g/mol. The van der Waals surface area contributed by atoms with Crippen LogP contribution in [0.25, 0.3) is 61.5 Å². The summed E-state index contributed by atoms with van der Waals surface area (Å²) in [6.45, 7) is -0.0553. The Bertz CT molecular complexity index is 2770. The molecular formula is C48H32BN3. The van der Waals surface area contributed by atoms with E-state index in [4.69, 9.17) is 0 Å². The molecule has 0 N–H and O–H groups in total. The number of fused-ring (bicyclic) bond motifs is 4. The highest BCUT2D eigenvalue weighted by Gasteiger charge is 2.46. The smallest absolute Gasteiger partial charge is 0.333 e. The molecule has 2 aliphatic rings. The van der Waals surface area contributed by atoms with Gasteiger partial charge in [0.2, 0.25) is 0 Å². The van der Waals surface area contributed by atoms with Gasteiger partial charge in [-0.1, -0.05) is 158 Å². The fraction of sp³-hybridized carbons (Fsp3) is 0. The van der Waals surface area contributed by atoms with Crippen molar-refractivity contribution in [2.75, 3.05) is 4.90 Å². The molecule has 7 aromatic carbocycles. The zero-order chi connectivity index (χ0) is 34.2. The summed E-state index contributed by atoms with van der Waals surface area (Å²) in [7, 11) is 0. The molecular weight excluding hydrogens is 629 g/mol. The molecule has 0 atom stereocenters. The van der Waals surface area contributed by atoms with Gasteiger partial charge in [0.1, 0.15) is 0 Å². The first-order valence-electron chi connectivity index (χ1n) is 18.0. The van der Waals surface area contributed by atoms with Crippen molar-refractivity contribution in [3.8, 4) is 50.5 Å². The first-order chi connectivity index (χ1) is 25.9. The van der Waals surface area contributed by atoms with E-state index in [-0.39, 0.29) is 6.85 Å². The van der Waals surface area contributed by atoms with Gasteiger partial charge in [0, 0.05) is 39.6 Å². The summed E-state index contributed by atoms with van der Waals surface area (Å²) in [4.78, 5) is 2.47. The maximum atomic E-state index is 2.70. The lowest BCUT2D eigenvalue weighted by Crippen LogP contribution is -2.56. The largest absolute Gasteiger partial charge is 0.373 e. The zero-order valence-electron chi connectivity index (χ0n) is 28.4. The Kier molecular flexibility index (Phi) is 6.35. The Hall–Kier alpha value is -6.78. The number of rotatable bonds is 5. The number of anilines is 3. The first-order valence-corrected chi connectivity index (χ1v) is 18.0. The van der Waals surface area contributed by atoms with Gasteiger partial charge in [-0.25, -0.2) is 0 Å². The molecule has 0 amide bonds. The van der Waals surface area contributed by atoms with E-state index in [1.807, 2.05) is 0 Å². The van der Waals surface area contributed by atoms with E-state index in [1.54, 1.807) is 0 Å². The molecule has 9 aromatic rings. The summed E-state index contributed by atoms with van der Waals surface area (Å²) < 4.78 is 5.24. The van der Waals surface area contributed by atoms with Gasteiger partial charge in [0.05, 0.1) is 16.7 Å². The molecule has 52 heavy (non-hydrogen) atoms. The standard InChI is InChI=1S/C48H32BN3/c1-6-19-33(20-7-1)42-46(35-23-10-3-11-24-35)52-48-43(45(34-21-8-2-9-22-34)51(47(42)48)37-27-14-5-15-28-37)38-29-18-32-41-44(38)49(52)39-30-16-17-31-40(39)50(41)36-25-12-4-13-26-36/h1-32H. The number of aromatic nitrogens is 2. The van der Waals surface area contributed by atoms with Gasteiger partial charge in [-0.3, -0.25) is 0 Å². The van der Waals surface area contributed by atoms with E-state index in [9.17, 15) is 0 Å². The minimum absolute atomic E-state index is 0.0553. The van der Waals surface area contributed by atoms with E-state index in [1.165, 1.54) is 78.1 Å². The number of para-hydroxylation sites is 3. The van der Waals surface area contributed by atoms with Crippen molar-refractivity contribution in [1.82, 2.24) is 9.05 Å². The van der Waals surface area contributed by atoms with E-state index in [2.05, 4.69) is 208 Å². The second-order valence-electron chi connectivity index (χ2n) is 13.7. The molecule has 0 unspecified atom stereocenters. The second kappa shape index (κ2) is 11.4. The normalized spacial score (nSPS) is 12.5. The van der Waals surface area contributed by atoms with E-state index >= 15 is 0 Å². The third-order valence-electron chi connectivity index (χ3n) is 10.9. The van der Waals surface area contributed by atoms with Gasteiger partial charge in [-0.15, -0.1) is 0 Å². The number of hydrogen-bond donors (Lipinski definition) is 0. The molecule has 0 fully saturated rings. The Morgan fingerprint density at radius 2 is 0.885 bits per heavy atom. The summed E-state index contributed by atoms with van der Waals surface area (Å²) in [5.74, 6) is 0. The van der Waals surface area contributed by atoms with Crippen molar-refractivity contribution < 1.29 is 0 Å². The van der Waals surface area contributed by atoms with Crippen molar-refractivity contribution in [3.05, 3.63) is 194 Å². The van der Waals surface area contributed by atoms with Crippen LogP contribution in [-0.2, 0) is 0 Å². The summed E-state index contributed by atoms with van der Waals surface area (Å²) in [5, 5.41) is 0. The topological polar surface area (TPSA) is 13.1 Å². The summed E-state index contributed by atoms with van der Waals surface area (Å²) >= 11 is 0. The third kappa shape index (κ3) is 4.03. The van der Waals surface area contributed by atoms with Crippen LogP contribution in [0.3, 0.4) is 0 Å². The molecule has 3 nitrogen and oxygen atoms in total. The highest BCUT2D eigenvalue weighted by molar-refractivity contribution is 6.90. The van der Waals surface area contributed by atoms with Crippen molar-refractivity contribution >= 4 is 45.9 Å². The van der Waals surface area contributed by atoms with Crippen LogP contribution in [0.2, 0.25) is 0 Å². The Balaban J connectivity index is 1.40. The van der Waals surface area contributed by atoms with E-state index < -0.39 is 0 Å². The predicted molar refractivity (Wildman–Crippen MR) is 218 cm³/mol. The van der Waals surface area contributed by atoms with E-state index in [0.29, 0.717) is 0 Å². The number of benzene rings is 7. The highest BCUT2D eigenvalue weighted by atomic mass is 15.2. The molecule has 0 saturated carbocycles. The summed E-state index contributed by atoms with van der Waals surface area (Å²) in [6.07, 6.45) is 0. The predicted octanol–water partition coefficient (Wildman–Crippen LogP) is 10.9. The molecule has 4 heterocycles. The van der Waals surface area contributed by atoms with Crippen LogP contribution in [0.5, 0.6) is 0 Å². The molecule has 2 aromatic heterocycles. The fourth-order valence-corrected chi connectivity index (χ4v) is 8.93. The van der Waals surface area contributed by atoms with Crippen molar-refractivity contribution in [2.24, 2.45) is 0 Å². The molecule has 0 radical (unpaired) electrons. The zero-order valence-corrected chi connectivity index (χ0v) is 28.4. The van der Waals surface area contributed by atoms with Crippen LogP contribution in [0, 0.1) is 0 Å². The minimum Gasteiger partial charge on any atom is -0.373 e. The summed E-state index contributed by atoms with van der Waals surface area (Å²) in [5.41, 5.74) is 19.7. The highest BCUT2D eigenvalue weighted by Crippen LogP contribution is 2.54. The molecule has 0 spiro atoms. The van der Waals surface area contributed by atoms with Crippen LogP contribution in [0.15, 0.2) is 194 Å². The van der Waals surface area contributed by atoms with Gasteiger partial charge in [0.15, 0.2) is 0 Å². The lowest BCUT2D eigenvalue weighted by atomic mass is 9.45. The van der Waals surface area contributed by atoms with Gasteiger partial charge < -0.3 is 13.9 Å². The van der Waals surface area contributed by atoms with Crippen LogP contribution in [-0.4, -0.2) is 15.9 Å². The summed E-state index contributed by atoms with van der Waals surface area (Å²) in [6, 6.07) is 70.7. The quantitative estimate of drug-likeness (QED) is 0.167. The monoisotopic (exact) mass is 661 g/mol. The molecule has 242 valence electrons. The molecule has 0 saturated heterocycles.